The number of benzene rings is 1. The maximum absolute atomic E-state index is 11.4. The van der Waals surface area contributed by atoms with Crippen LogP contribution >= 0.6 is 11.6 Å². The van der Waals surface area contributed by atoms with Crippen LogP contribution in [0.2, 0.25) is 5.02 Å². The number of aryl methyl sites for hydroxylation is 1. The van der Waals surface area contributed by atoms with Gasteiger partial charge >= 0.3 is 0 Å². The Morgan fingerprint density at radius 3 is 2.89 bits per heavy atom. The van der Waals surface area contributed by atoms with E-state index < -0.39 is 10.8 Å². The van der Waals surface area contributed by atoms with Gasteiger partial charge in [-0.2, -0.15) is 0 Å². The largest absolute Gasteiger partial charge is 0.489 e. The highest BCUT2D eigenvalue weighted by Crippen LogP contribution is 2.38. The average molecular weight is 289 g/mol. The Balaban J connectivity index is 2.15. The molecular weight excluding hydrogens is 272 g/mol. The molecule has 5 heteroatoms. The highest BCUT2D eigenvalue weighted by atomic mass is 35.5. The van der Waals surface area contributed by atoms with Crippen molar-refractivity contribution in [2.45, 2.75) is 19.8 Å². The van der Waals surface area contributed by atoms with E-state index in [2.05, 4.69) is 0 Å². The van der Waals surface area contributed by atoms with Crippen molar-refractivity contribution in [3.8, 4) is 11.5 Å². The molecule has 1 heterocycles. The fourth-order valence-corrected chi connectivity index (χ4v) is 2.84. The van der Waals surface area contributed by atoms with Crippen molar-refractivity contribution in [3.63, 3.8) is 0 Å². The van der Waals surface area contributed by atoms with Crippen molar-refractivity contribution in [1.82, 2.24) is 0 Å². The van der Waals surface area contributed by atoms with E-state index in [0.717, 1.165) is 18.4 Å². The van der Waals surface area contributed by atoms with Gasteiger partial charge in [-0.15, -0.1) is 0 Å². The highest BCUT2D eigenvalue weighted by Gasteiger charge is 2.15. The van der Waals surface area contributed by atoms with Crippen LogP contribution < -0.4 is 9.47 Å². The first-order valence-electron chi connectivity index (χ1n) is 6.13. The number of ether oxygens (including phenoxy) is 2. The minimum absolute atomic E-state index is 0.576. The smallest absolute Gasteiger partial charge is 0.179 e. The van der Waals surface area contributed by atoms with Gasteiger partial charge in [-0.05, 0) is 24.1 Å². The van der Waals surface area contributed by atoms with Gasteiger partial charge in [-0.25, -0.2) is 0 Å². The normalized spacial score (nSPS) is 16.1. The minimum atomic E-state index is -0.754. The molecule has 2 rings (SSSR count). The van der Waals surface area contributed by atoms with Gasteiger partial charge in [0.15, 0.2) is 11.5 Å². The average Bonchev–Trinajstić information content (AvgIpc) is 2.61. The summed E-state index contributed by atoms with van der Waals surface area (Å²) < 4.78 is 22.6. The van der Waals surface area contributed by atoms with Crippen molar-refractivity contribution >= 4 is 22.4 Å². The van der Waals surface area contributed by atoms with E-state index in [1.807, 2.05) is 19.1 Å². The Morgan fingerprint density at radius 2 is 2.11 bits per heavy atom. The molecule has 0 bridgehead atoms. The van der Waals surface area contributed by atoms with E-state index in [-0.39, 0.29) is 0 Å². The molecule has 3 nitrogen and oxygen atoms in total. The Hall–Kier alpha value is -0.740. The number of fused-ring (bicyclic) bond motifs is 1. The van der Waals surface area contributed by atoms with Crippen molar-refractivity contribution in [1.29, 1.82) is 0 Å². The van der Waals surface area contributed by atoms with Gasteiger partial charge in [0, 0.05) is 28.7 Å². The lowest BCUT2D eigenvalue weighted by Crippen LogP contribution is -2.03. The van der Waals surface area contributed by atoms with Crippen molar-refractivity contribution in [2.24, 2.45) is 0 Å². The van der Waals surface area contributed by atoms with Crippen LogP contribution in [0.1, 0.15) is 18.9 Å². The molecule has 0 fully saturated rings. The van der Waals surface area contributed by atoms with Crippen LogP contribution in [0.3, 0.4) is 0 Å². The lowest BCUT2D eigenvalue weighted by Gasteiger charge is -2.11. The van der Waals surface area contributed by atoms with Crippen molar-refractivity contribution in [3.05, 3.63) is 22.7 Å². The van der Waals surface area contributed by atoms with Crippen LogP contribution in [-0.2, 0) is 17.2 Å². The fourth-order valence-electron chi connectivity index (χ4n) is 1.80. The molecule has 1 atom stereocenters. The van der Waals surface area contributed by atoms with E-state index >= 15 is 0 Å². The lowest BCUT2D eigenvalue weighted by atomic mass is 10.1. The molecule has 0 saturated heterocycles. The van der Waals surface area contributed by atoms with Gasteiger partial charge in [0.25, 0.3) is 0 Å². The highest BCUT2D eigenvalue weighted by molar-refractivity contribution is 7.84. The van der Waals surface area contributed by atoms with Gasteiger partial charge < -0.3 is 9.47 Å². The molecule has 0 spiro atoms. The zero-order valence-electron chi connectivity index (χ0n) is 10.4. The first-order chi connectivity index (χ1) is 8.70. The van der Waals surface area contributed by atoms with E-state index in [0.29, 0.717) is 41.2 Å². The molecule has 1 aliphatic heterocycles. The summed E-state index contributed by atoms with van der Waals surface area (Å²) in [7, 11) is -0.754. The molecule has 0 N–H and O–H groups in total. The van der Waals surface area contributed by atoms with Gasteiger partial charge in [-0.1, -0.05) is 18.5 Å². The molecule has 0 aliphatic carbocycles. The molecule has 100 valence electrons. The van der Waals surface area contributed by atoms with Gasteiger partial charge in [0.2, 0.25) is 0 Å². The third kappa shape index (κ3) is 3.39. The first kappa shape index (κ1) is 13.7. The summed E-state index contributed by atoms with van der Waals surface area (Å²) in [4.78, 5) is 0. The van der Waals surface area contributed by atoms with Crippen LogP contribution in [0, 0.1) is 0 Å². The molecule has 1 aliphatic rings. The third-order valence-corrected chi connectivity index (χ3v) is 4.39. The van der Waals surface area contributed by atoms with Crippen LogP contribution in [0.4, 0.5) is 0 Å². The second-order valence-electron chi connectivity index (χ2n) is 4.14. The van der Waals surface area contributed by atoms with Gasteiger partial charge in [-0.3, -0.25) is 4.21 Å². The zero-order valence-corrected chi connectivity index (χ0v) is 12.0. The Kier molecular flexibility index (Phi) is 4.89. The Labute approximate surface area is 115 Å². The Morgan fingerprint density at radius 1 is 1.33 bits per heavy atom. The van der Waals surface area contributed by atoms with Crippen molar-refractivity contribution in [2.75, 3.05) is 24.7 Å². The number of hydrogen-bond donors (Lipinski definition) is 0. The van der Waals surface area contributed by atoms with E-state index in [1.165, 1.54) is 0 Å². The summed E-state index contributed by atoms with van der Waals surface area (Å²) in [5, 5.41) is 0.576. The minimum Gasteiger partial charge on any atom is -0.489 e. The second-order valence-corrected chi connectivity index (χ2v) is 6.41. The second kappa shape index (κ2) is 6.43. The zero-order chi connectivity index (χ0) is 13.0. The first-order valence-corrected chi connectivity index (χ1v) is 8.00. The lowest BCUT2D eigenvalue weighted by molar-refractivity contribution is 0.297. The van der Waals surface area contributed by atoms with Crippen LogP contribution in [0.5, 0.6) is 11.5 Å². The standard InChI is InChI=1S/C13H17ClO3S/c1-2-18(15)7-4-10-8-11(14)13-12(9-10)16-5-3-6-17-13/h8-9H,2-7H2,1H3/t18-/m1/s1. The van der Waals surface area contributed by atoms with Crippen molar-refractivity contribution < 1.29 is 13.7 Å². The van der Waals surface area contributed by atoms with Crippen LogP contribution in [0.15, 0.2) is 12.1 Å². The summed E-state index contributed by atoms with van der Waals surface area (Å²) in [5.74, 6) is 2.69. The van der Waals surface area contributed by atoms with E-state index in [4.69, 9.17) is 21.1 Å². The predicted octanol–water partition coefficient (Wildman–Crippen LogP) is 2.81. The molecule has 0 radical (unpaired) electrons. The van der Waals surface area contributed by atoms with Crippen LogP contribution in [0.25, 0.3) is 0 Å². The third-order valence-electron chi connectivity index (χ3n) is 2.80. The maximum Gasteiger partial charge on any atom is 0.179 e. The summed E-state index contributed by atoms with van der Waals surface area (Å²) in [6, 6.07) is 3.82. The Bertz CT molecular complexity index is 448. The van der Waals surface area contributed by atoms with E-state index in [1.54, 1.807) is 0 Å². The topological polar surface area (TPSA) is 35.5 Å². The molecule has 1 aromatic rings. The molecular formula is C13H17ClO3S. The maximum atomic E-state index is 11.4. The number of rotatable bonds is 4. The molecule has 1 aromatic carbocycles. The summed E-state index contributed by atoms with van der Waals surface area (Å²) in [6.07, 6.45) is 1.61. The molecule has 0 aromatic heterocycles. The summed E-state index contributed by atoms with van der Waals surface area (Å²) in [5.41, 5.74) is 1.05. The quantitative estimate of drug-likeness (QED) is 0.855. The van der Waals surface area contributed by atoms with Gasteiger partial charge in [0.05, 0.1) is 18.2 Å². The SMILES string of the molecule is CC[S@@](=O)CCc1cc(Cl)c2c(c1)OCCCO2. The van der Waals surface area contributed by atoms with Crippen LogP contribution in [-0.4, -0.2) is 28.9 Å². The summed E-state index contributed by atoms with van der Waals surface area (Å²) in [6.45, 7) is 3.21. The monoisotopic (exact) mass is 288 g/mol. The summed E-state index contributed by atoms with van der Waals surface area (Å²) >= 11 is 6.19. The van der Waals surface area contributed by atoms with Gasteiger partial charge in [0.1, 0.15) is 0 Å². The molecule has 18 heavy (non-hydrogen) atoms. The fraction of sp³-hybridized carbons (Fsp3) is 0.538. The predicted molar refractivity (Wildman–Crippen MR) is 74.3 cm³/mol. The number of hydrogen-bond acceptors (Lipinski definition) is 3. The molecule has 0 amide bonds. The number of halogens is 1. The molecule has 0 unspecified atom stereocenters. The molecule has 0 saturated carbocycles. The van der Waals surface area contributed by atoms with E-state index in [9.17, 15) is 4.21 Å².